The predicted molar refractivity (Wildman–Crippen MR) is 72.0 cm³/mol. The Morgan fingerprint density at radius 1 is 1.42 bits per heavy atom. The summed E-state index contributed by atoms with van der Waals surface area (Å²) in [6.07, 6.45) is 5.79. The number of ether oxygens (including phenoxy) is 1. The zero-order valence-electron chi connectivity index (χ0n) is 10.7. The molecule has 0 aliphatic carbocycles. The van der Waals surface area contributed by atoms with Gasteiger partial charge in [-0.25, -0.2) is 9.97 Å². The van der Waals surface area contributed by atoms with Gasteiger partial charge >= 0.3 is 0 Å². The molecule has 100 valence electrons. The van der Waals surface area contributed by atoms with Crippen LogP contribution in [0.1, 0.15) is 24.6 Å². The minimum absolute atomic E-state index is 0.239. The average Bonchev–Trinajstić information content (AvgIpc) is 2.86. The van der Waals surface area contributed by atoms with Crippen molar-refractivity contribution < 1.29 is 4.74 Å². The fraction of sp³-hybridized carbons (Fsp3) is 0.462. The Bertz CT molecular complexity index is 578. The van der Waals surface area contributed by atoms with E-state index in [-0.39, 0.29) is 5.92 Å². The van der Waals surface area contributed by atoms with Crippen LogP contribution >= 0.6 is 11.6 Å². The third-order valence-corrected chi connectivity index (χ3v) is 3.43. The van der Waals surface area contributed by atoms with Crippen molar-refractivity contribution in [2.45, 2.75) is 18.8 Å². The number of hydrogen-bond donors (Lipinski definition) is 0. The lowest BCUT2D eigenvalue weighted by atomic mass is 10.0. The number of halogens is 1. The first kappa shape index (κ1) is 12.6. The molecule has 1 unspecified atom stereocenters. The van der Waals surface area contributed by atoms with E-state index < -0.39 is 0 Å². The highest BCUT2D eigenvalue weighted by molar-refractivity contribution is 6.29. The second-order valence-corrected chi connectivity index (χ2v) is 5.14. The van der Waals surface area contributed by atoms with E-state index in [0.717, 1.165) is 36.5 Å². The SMILES string of the molecule is Cn1cc(-c2cc(Cl)nc(C3CCCOC3)n2)cn1. The molecule has 0 bridgehead atoms. The van der Waals surface area contributed by atoms with E-state index in [9.17, 15) is 0 Å². The molecule has 6 heteroatoms. The molecular weight excluding hydrogens is 264 g/mol. The van der Waals surface area contributed by atoms with E-state index >= 15 is 0 Å². The number of rotatable bonds is 2. The van der Waals surface area contributed by atoms with E-state index in [4.69, 9.17) is 16.3 Å². The number of nitrogens with zero attached hydrogens (tertiary/aromatic N) is 4. The zero-order chi connectivity index (χ0) is 13.2. The van der Waals surface area contributed by atoms with Gasteiger partial charge in [0.05, 0.1) is 18.5 Å². The molecule has 1 aliphatic rings. The Morgan fingerprint density at radius 2 is 2.32 bits per heavy atom. The lowest BCUT2D eigenvalue weighted by Crippen LogP contribution is -2.18. The molecule has 0 spiro atoms. The largest absolute Gasteiger partial charge is 0.381 e. The maximum Gasteiger partial charge on any atom is 0.136 e. The third-order valence-electron chi connectivity index (χ3n) is 3.24. The van der Waals surface area contributed by atoms with Crippen molar-refractivity contribution in [2.24, 2.45) is 7.05 Å². The second-order valence-electron chi connectivity index (χ2n) is 4.75. The molecule has 0 aromatic carbocycles. The summed E-state index contributed by atoms with van der Waals surface area (Å²) >= 11 is 6.11. The molecule has 2 aromatic rings. The summed E-state index contributed by atoms with van der Waals surface area (Å²) in [6, 6.07) is 1.77. The van der Waals surface area contributed by atoms with Gasteiger partial charge in [0.25, 0.3) is 0 Å². The zero-order valence-corrected chi connectivity index (χ0v) is 11.5. The summed E-state index contributed by atoms with van der Waals surface area (Å²) in [7, 11) is 1.88. The van der Waals surface area contributed by atoms with Crippen LogP contribution in [-0.4, -0.2) is 33.0 Å². The second kappa shape index (κ2) is 5.27. The van der Waals surface area contributed by atoms with Crippen LogP contribution in [0.25, 0.3) is 11.3 Å². The lowest BCUT2D eigenvalue weighted by Gasteiger charge is -2.21. The van der Waals surface area contributed by atoms with E-state index in [0.29, 0.717) is 11.8 Å². The molecule has 19 heavy (non-hydrogen) atoms. The molecule has 1 saturated heterocycles. The molecule has 3 heterocycles. The van der Waals surface area contributed by atoms with Gasteiger partial charge in [0.1, 0.15) is 11.0 Å². The predicted octanol–water partition coefficient (Wildman–Crippen LogP) is 2.42. The van der Waals surface area contributed by atoms with Gasteiger partial charge < -0.3 is 4.74 Å². The van der Waals surface area contributed by atoms with Gasteiger partial charge in [-0.05, 0) is 12.8 Å². The van der Waals surface area contributed by atoms with Crippen LogP contribution in [0.4, 0.5) is 0 Å². The highest BCUT2D eigenvalue weighted by Gasteiger charge is 2.20. The molecule has 1 fully saturated rings. The normalized spacial score (nSPS) is 19.6. The summed E-state index contributed by atoms with van der Waals surface area (Å²) in [4.78, 5) is 8.95. The van der Waals surface area contributed by atoms with Gasteiger partial charge in [0.15, 0.2) is 0 Å². The van der Waals surface area contributed by atoms with Crippen molar-refractivity contribution in [1.82, 2.24) is 19.7 Å². The fourth-order valence-corrected chi connectivity index (χ4v) is 2.45. The standard InChI is InChI=1S/C13H15ClN4O/c1-18-7-10(6-15-18)11-5-12(14)17-13(16-11)9-3-2-4-19-8-9/h5-7,9H,2-4,8H2,1H3. The van der Waals surface area contributed by atoms with Gasteiger partial charge in [-0.1, -0.05) is 11.6 Å². The van der Waals surface area contributed by atoms with Crippen LogP contribution < -0.4 is 0 Å². The van der Waals surface area contributed by atoms with E-state index in [2.05, 4.69) is 15.1 Å². The Labute approximate surface area is 116 Å². The summed E-state index contributed by atoms with van der Waals surface area (Å²) in [5.74, 6) is 1.01. The minimum Gasteiger partial charge on any atom is -0.381 e. The molecule has 5 nitrogen and oxygen atoms in total. The average molecular weight is 279 g/mol. The van der Waals surface area contributed by atoms with Crippen molar-refractivity contribution in [3.63, 3.8) is 0 Å². The fourth-order valence-electron chi connectivity index (χ4n) is 2.26. The van der Waals surface area contributed by atoms with Crippen LogP contribution in [0.3, 0.4) is 0 Å². The third kappa shape index (κ3) is 2.77. The van der Waals surface area contributed by atoms with Gasteiger partial charge in [-0.2, -0.15) is 5.10 Å². The van der Waals surface area contributed by atoms with Gasteiger partial charge in [0, 0.05) is 37.4 Å². The highest BCUT2D eigenvalue weighted by atomic mass is 35.5. The molecule has 0 radical (unpaired) electrons. The van der Waals surface area contributed by atoms with Gasteiger partial charge in [-0.15, -0.1) is 0 Å². The quantitative estimate of drug-likeness (QED) is 0.792. The Kier molecular flexibility index (Phi) is 3.48. The first-order valence-electron chi connectivity index (χ1n) is 6.33. The van der Waals surface area contributed by atoms with Crippen molar-refractivity contribution in [3.8, 4) is 11.3 Å². The van der Waals surface area contributed by atoms with E-state index in [1.165, 1.54) is 0 Å². The maximum absolute atomic E-state index is 6.11. The van der Waals surface area contributed by atoms with Crippen LogP contribution in [0.2, 0.25) is 5.15 Å². The van der Waals surface area contributed by atoms with Crippen LogP contribution in [-0.2, 0) is 11.8 Å². The van der Waals surface area contributed by atoms with Crippen LogP contribution in [0, 0.1) is 0 Å². The molecule has 1 aliphatic heterocycles. The molecule has 0 amide bonds. The summed E-state index contributed by atoms with van der Waals surface area (Å²) in [6.45, 7) is 1.50. The molecule has 1 atom stereocenters. The Morgan fingerprint density at radius 3 is 3.00 bits per heavy atom. The summed E-state index contributed by atoms with van der Waals surface area (Å²) in [5.41, 5.74) is 1.76. The molecular formula is C13H15ClN4O. The number of aryl methyl sites for hydroxylation is 1. The molecule has 2 aromatic heterocycles. The monoisotopic (exact) mass is 278 g/mol. The summed E-state index contributed by atoms with van der Waals surface area (Å²) < 4.78 is 7.23. The van der Waals surface area contributed by atoms with Gasteiger partial charge in [-0.3, -0.25) is 4.68 Å². The minimum atomic E-state index is 0.239. The van der Waals surface area contributed by atoms with Crippen molar-refractivity contribution in [1.29, 1.82) is 0 Å². The first-order chi connectivity index (χ1) is 9.22. The lowest BCUT2D eigenvalue weighted by molar-refractivity contribution is 0.0781. The molecule has 0 N–H and O–H groups in total. The van der Waals surface area contributed by atoms with Crippen molar-refractivity contribution in [2.75, 3.05) is 13.2 Å². The molecule has 0 saturated carbocycles. The summed E-state index contributed by atoms with van der Waals surface area (Å²) in [5, 5.41) is 4.62. The maximum atomic E-state index is 6.11. The Hall–Kier alpha value is -1.46. The van der Waals surface area contributed by atoms with Gasteiger partial charge in [0.2, 0.25) is 0 Å². The van der Waals surface area contributed by atoms with E-state index in [1.807, 2.05) is 13.2 Å². The van der Waals surface area contributed by atoms with Crippen LogP contribution in [0.5, 0.6) is 0 Å². The number of hydrogen-bond acceptors (Lipinski definition) is 4. The topological polar surface area (TPSA) is 52.8 Å². The smallest absolute Gasteiger partial charge is 0.136 e. The van der Waals surface area contributed by atoms with Crippen molar-refractivity contribution in [3.05, 3.63) is 29.4 Å². The first-order valence-corrected chi connectivity index (χ1v) is 6.71. The Balaban J connectivity index is 1.95. The highest BCUT2D eigenvalue weighted by Crippen LogP contribution is 2.26. The molecule has 3 rings (SSSR count). The van der Waals surface area contributed by atoms with Crippen LogP contribution in [0.15, 0.2) is 18.5 Å². The van der Waals surface area contributed by atoms with E-state index in [1.54, 1.807) is 16.9 Å². The number of aromatic nitrogens is 4. The van der Waals surface area contributed by atoms with Crippen molar-refractivity contribution >= 4 is 11.6 Å².